The van der Waals surface area contributed by atoms with E-state index in [9.17, 15) is 9.59 Å². The molecule has 180 valence electrons. The molecule has 34 heavy (non-hydrogen) atoms. The van der Waals surface area contributed by atoms with Crippen molar-refractivity contribution in [1.82, 2.24) is 14.8 Å². The number of benzene rings is 1. The largest absolute Gasteiger partial charge is 0.497 e. The van der Waals surface area contributed by atoms with Crippen molar-refractivity contribution in [3.8, 4) is 17.1 Å². The van der Waals surface area contributed by atoms with Gasteiger partial charge >= 0.3 is 0 Å². The van der Waals surface area contributed by atoms with Crippen molar-refractivity contribution in [2.24, 2.45) is 5.73 Å². The van der Waals surface area contributed by atoms with Crippen molar-refractivity contribution >= 4 is 39.9 Å². The third-order valence-electron chi connectivity index (χ3n) is 5.80. The number of primary amides is 1. The predicted molar refractivity (Wildman–Crippen MR) is 136 cm³/mol. The fraction of sp³-hybridized carbons (Fsp3) is 0.417. The molecule has 3 aromatic rings. The number of carbonyl (C=O) groups is 2. The third-order valence-corrected chi connectivity index (χ3v) is 7.98. The lowest BCUT2D eigenvalue weighted by Crippen LogP contribution is -2.19. The van der Waals surface area contributed by atoms with Crippen molar-refractivity contribution in [1.29, 1.82) is 0 Å². The molecule has 2 aromatic heterocycles. The van der Waals surface area contributed by atoms with Crippen LogP contribution in [0.5, 0.6) is 5.75 Å². The number of amides is 2. The second-order valence-corrected chi connectivity index (χ2v) is 10.2. The lowest BCUT2D eigenvalue weighted by atomic mass is 9.95. The molecule has 0 spiro atoms. The molecule has 0 fully saturated rings. The van der Waals surface area contributed by atoms with Crippen LogP contribution in [-0.4, -0.2) is 39.4 Å². The average Bonchev–Trinajstić information content (AvgIpc) is 3.42. The third kappa shape index (κ3) is 5.28. The van der Waals surface area contributed by atoms with Gasteiger partial charge in [0, 0.05) is 17.0 Å². The summed E-state index contributed by atoms with van der Waals surface area (Å²) in [6.07, 6.45) is 5.91. The van der Waals surface area contributed by atoms with Crippen LogP contribution in [0.3, 0.4) is 0 Å². The highest BCUT2D eigenvalue weighted by Crippen LogP contribution is 2.38. The number of carbonyl (C=O) groups excluding carboxylic acids is 2. The van der Waals surface area contributed by atoms with Crippen molar-refractivity contribution in [2.45, 2.75) is 57.1 Å². The summed E-state index contributed by atoms with van der Waals surface area (Å²) in [6, 6.07) is 7.70. The quantitative estimate of drug-likeness (QED) is 0.397. The summed E-state index contributed by atoms with van der Waals surface area (Å²) in [4.78, 5) is 26.0. The molecule has 2 heterocycles. The monoisotopic (exact) mass is 499 g/mol. The van der Waals surface area contributed by atoms with Crippen LogP contribution in [0.4, 0.5) is 5.00 Å². The number of thiophene rings is 1. The number of aryl methyl sites for hydroxylation is 1. The van der Waals surface area contributed by atoms with E-state index in [4.69, 9.17) is 10.5 Å². The van der Waals surface area contributed by atoms with Crippen LogP contribution in [0.1, 0.15) is 53.4 Å². The van der Waals surface area contributed by atoms with Gasteiger partial charge in [-0.15, -0.1) is 21.5 Å². The lowest BCUT2D eigenvalue weighted by molar-refractivity contribution is -0.113. The first-order chi connectivity index (χ1) is 16.5. The summed E-state index contributed by atoms with van der Waals surface area (Å²) in [5.41, 5.74) is 8.08. The summed E-state index contributed by atoms with van der Waals surface area (Å²) in [5.74, 6) is 1.03. The molecule has 1 aliphatic carbocycles. The fourth-order valence-corrected chi connectivity index (χ4v) is 6.15. The highest BCUT2D eigenvalue weighted by molar-refractivity contribution is 7.99. The Hall–Kier alpha value is -2.85. The molecule has 0 aliphatic heterocycles. The maximum atomic E-state index is 12.8. The van der Waals surface area contributed by atoms with Crippen LogP contribution >= 0.6 is 23.1 Å². The molecule has 0 bridgehead atoms. The zero-order valence-electron chi connectivity index (χ0n) is 19.4. The molecular weight excluding hydrogens is 470 g/mol. The molecule has 0 radical (unpaired) electrons. The van der Waals surface area contributed by atoms with Gasteiger partial charge in [0.1, 0.15) is 10.8 Å². The van der Waals surface area contributed by atoms with E-state index >= 15 is 0 Å². The summed E-state index contributed by atoms with van der Waals surface area (Å²) in [5, 5.41) is 12.9. The number of aromatic nitrogens is 3. The molecule has 4 rings (SSSR count). The van der Waals surface area contributed by atoms with Gasteiger partial charge in [-0.05, 0) is 61.9 Å². The minimum Gasteiger partial charge on any atom is -0.497 e. The van der Waals surface area contributed by atoms with Gasteiger partial charge in [-0.2, -0.15) is 0 Å². The van der Waals surface area contributed by atoms with E-state index in [-0.39, 0.29) is 11.7 Å². The van der Waals surface area contributed by atoms with E-state index in [1.54, 1.807) is 7.11 Å². The molecule has 3 N–H and O–H groups in total. The first-order valence-electron chi connectivity index (χ1n) is 11.5. The Kier molecular flexibility index (Phi) is 7.89. The molecule has 0 unspecified atom stereocenters. The summed E-state index contributed by atoms with van der Waals surface area (Å²) in [6.45, 7) is 2.90. The smallest absolute Gasteiger partial charge is 0.251 e. The van der Waals surface area contributed by atoms with Crippen LogP contribution in [0, 0.1) is 0 Å². The predicted octanol–water partition coefficient (Wildman–Crippen LogP) is 4.52. The fourth-order valence-electron chi connectivity index (χ4n) is 4.07. The number of fused-ring (bicyclic) bond motifs is 1. The molecule has 0 atom stereocenters. The topological polar surface area (TPSA) is 112 Å². The number of anilines is 1. The standard InChI is InChI=1S/C24H29N5O3S2/c1-3-4-13-29-22(15-9-11-16(32-2)12-10-15)27-28-24(29)33-14-19(30)26-23-20(21(25)31)17-7-5-6-8-18(17)34-23/h9-12H,3-8,13-14H2,1-2H3,(H2,25,31)(H,26,30). The van der Waals surface area contributed by atoms with Gasteiger partial charge in [0.2, 0.25) is 5.91 Å². The zero-order chi connectivity index (χ0) is 24.1. The normalized spacial score (nSPS) is 12.9. The highest BCUT2D eigenvalue weighted by atomic mass is 32.2. The number of hydrogen-bond acceptors (Lipinski definition) is 7. The average molecular weight is 500 g/mol. The molecule has 8 nitrogen and oxygen atoms in total. The second-order valence-electron chi connectivity index (χ2n) is 8.16. The number of unbranched alkanes of at least 4 members (excludes halogenated alkanes) is 1. The number of methoxy groups -OCH3 is 1. The van der Waals surface area contributed by atoms with Crippen LogP contribution < -0.4 is 15.8 Å². The van der Waals surface area contributed by atoms with Gasteiger partial charge < -0.3 is 20.4 Å². The van der Waals surface area contributed by atoms with Crippen LogP contribution in [0.15, 0.2) is 29.4 Å². The van der Waals surface area contributed by atoms with E-state index in [1.165, 1.54) is 23.1 Å². The summed E-state index contributed by atoms with van der Waals surface area (Å²) >= 11 is 2.81. The minimum atomic E-state index is -0.481. The van der Waals surface area contributed by atoms with E-state index < -0.39 is 5.91 Å². The Balaban J connectivity index is 1.49. The zero-order valence-corrected chi connectivity index (χ0v) is 21.1. The summed E-state index contributed by atoms with van der Waals surface area (Å²) in [7, 11) is 1.64. The Morgan fingerprint density at radius 3 is 2.68 bits per heavy atom. The Labute approximate surface area is 207 Å². The van der Waals surface area contributed by atoms with Crippen LogP contribution in [0.25, 0.3) is 11.4 Å². The van der Waals surface area contributed by atoms with Crippen LogP contribution in [-0.2, 0) is 24.2 Å². The van der Waals surface area contributed by atoms with Crippen LogP contribution in [0.2, 0.25) is 0 Å². The number of nitrogens with zero attached hydrogens (tertiary/aromatic N) is 3. The number of hydrogen-bond donors (Lipinski definition) is 2. The van der Waals surface area contributed by atoms with Crippen molar-refractivity contribution in [3.05, 3.63) is 40.3 Å². The van der Waals surface area contributed by atoms with Gasteiger partial charge in [0.15, 0.2) is 11.0 Å². The van der Waals surface area contributed by atoms with Gasteiger partial charge in [0.05, 0.1) is 18.4 Å². The van der Waals surface area contributed by atoms with Gasteiger partial charge in [-0.25, -0.2) is 0 Å². The molecule has 1 aromatic carbocycles. The molecule has 0 saturated carbocycles. The minimum absolute atomic E-state index is 0.160. The van der Waals surface area contributed by atoms with E-state index in [0.29, 0.717) is 15.7 Å². The summed E-state index contributed by atoms with van der Waals surface area (Å²) < 4.78 is 7.31. The number of nitrogens with one attached hydrogen (secondary N) is 1. The first kappa shape index (κ1) is 24.3. The van der Waals surface area contributed by atoms with Crippen molar-refractivity contribution in [2.75, 3.05) is 18.2 Å². The number of nitrogens with two attached hydrogens (primary N) is 1. The van der Waals surface area contributed by atoms with E-state index in [0.717, 1.165) is 72.6 Å². The first-order valence-corrected chi connectivity index (χ1v) is 13.3. The Bertz CT molecular complexity index is 1170. The highest BCUT2D eigenvalue weighted by Gasteiger charge is 2.25. The van der Waals surface area contributed by atoms with Gasteiger partial charge in [0.25, 0.3) is 5.91 Å². The number of ether oxygens (including phenoxy) is 1. The lowest BCUT2D eigenvalue weighted by Gasteiger charge is -2.11. The second kappa shape index (κ2) is 11.1. The SMILES string of the molecule is CCCCn1c(SCC(=O)Nc2sc3c(c2C(N)=O)CCCC3)nnc1-c1ccc(OC)cc1. The molecule has 2 amide bonds. The van der Waals surface area contributed by atoms with Gasteiger partial charge in [-0.3, -0.25) is 9.59 Å². The molecular formula is C24H29N5O3S2. The number of rotatable bonds is 10. The maximum Gasteiger partial charge on any atom is 0.251 e. The molecule has 0 saturated heterocycles. The van der Waals surface area contributed by atoms with Crippen molar-refractivity contribution < 1.29 is 14.3 Å². The van der Waals surface area contributed by atoms with E-state index in [1.807, 2.05) is 24.3 Å². The maximum absolute atomic E-state index is 12.8. The number of thioether (sulfide) groups is 1. The molecule has 1 aliphatic rings. The Morgan fingerprint density at radius 2 is 1.97 bits per heavy atom. The van der Waals surface area contributed by atoms with Crippen molar-refractivity contribution in [3.63, 3.8) is 0 Å². The Morgan fingerprint density at radius 1 is 1.21 bits per heavy atom. The molecule has 10 heteroatoms. The van der Waals surface area contributed by atoms with Gasteiger partial charge in [-0.1, -0.05) is 25.1 Å². The van der Waals surface area contributed by atoms with E-state index in [2.05, 4.69) is 27.0 Å².